The van der Waals surface area contributed by atoms with Crippen molar-refractivity contribution in [1.29, 1.82) is 0 Å². The van der Waals surface area contributed by atoms with Crippen LogP contribution in [0.1, 0.15) is 42.3 Å². The number of furan rings is 1. The number of amides is 1. The third-order valence-electron chi connectivity index (χ3n) is 5.90. The van der Waals surface area contributed by atoms with Crippen LogP contribution in [-0.2, 0) is 0 Å². The molecule has 3 aromatic carbocycles. The third-order valence-corrected chi connectivity index (χ3v) is 6.13. The Morgan fingerprint density at radius 2 is 1.79 bits per heavy atom. The largest absolute Gasteiger partial charge is 0.451 e. The zero-order valence-electron chi connectivity index (χ0n) is 18.8. The maximum atomic E-state index is 12.8. The highest BCUT2D eigenvalue weighted by atomic mass is 35.5. The SMILES string of the molecule is CC[C@H](C)c1ccc2oc(-c3cccc(NC(=O)c4ccc(-c5cccc(Cl)c5)o4)c3)nc2c1. The van der Waals surface area contributed by atoms with Gasteiger partial charge in [-0.2, -0.15) is 0 Å². The number of hydrogen-bond donors (Lipinski definition) is 1. The summed E-state index contributed by atoms with van der Waals surface area (Å²) in [5, 5.41) is 3.49. The molecule has 5 aromatic rings. The average molecular weight is 471 g/mol. The molecule has 0 fully saturated rings. The summed E-state index contributed by atoms with van der Waals surface area (Å²) in [6.07, 6.45) is 1.06. The summed E-state index contributed by atoms with van der Waals surface area (Å²) in [5.41, 5.74) is 5.00. The first-order chi connectivity index (χ1) is 16.5. The lowest BCUT2D eigenvalue weighted by atomic mass is 9.98. The van der Waals surface area contributed by atoms with Crippen LogP contribution in [0.2, 0.25) is 5.02 Å². The lowest BCUT2D eigenvalue weighted by Crippen LogP contribution is -2.10. The van der Waals surface area contributed by atoms with E-state index in [0.717, 1.165) is 28.6 Å². The second-order valence-electron chi connectivity index (χ2n) is 8.26. The van der Waals surface area contributed by atoms with E-state index in [1.807, 2.05) is 42.5 Å². The van der Waals surface area contributed by atoms with Crippen LogP contribution < -0.4 is 5.32 Å². The molecule has 5 nitrogen and oxygen atoms in total. The quantitative estimate of drug-likeness (QED) is 0.271. The number of carbonyl (C=O) groups excluding carboxylic acids is 1. The number of nitrogens with zero attached hydrogens (tertiary/aromatic N) is 1. The van der Waals surface area contributed by atoms with E-state index in [-0.39, 0.29) is 11.7 Å². The summed E-state index contributed by atoms with van der Waals surface area (Å²) in [7, 11) is 0. The fraction of sp³-hybridized carbons (Fsp3) is 0.143. The maximum Gasteiger partial charge on any atom is 0.291 e. The van der Waals surface area contributed by atoms with E-state index in [2.05, 4.69) is 36.3 Å². The lowest BCUT2D eigenvalue weighted by molar-refractivity contribution is 0.0997. The van der Waals surface area contributed by atoms with Gasteiger partial charge in [-0.05, 0) is 72.5 Å². The van der Waals surface area contributed by atoms with Gasteiger partial charge in [-0.25, -0.2) is 4.98 Å². The fourth-order valence-corrected chi connectivity index (χ4v) is 3.98. The number of rotatable bonds is 6. The minimum absolute atomic E-state index is 0.208. The highest BCUT2D eigenvalue weighted by Crippen LogP contribution is 2.30. The molecule has 34 heavy (non-hydrogen) atoms. The summed E-state index contributed by atoms with van der Waals surface area (Å²) in [6, 6.07) is 24.2. The van der Waals surface area contributed by atoms with Crippen LogP contribution in [0.25, 0.3) is 33.9 Å². The molecular formula is C28H23ClN2O3. The number of nitrogens with one attached hydrogen (secondary N) is 1. The van der Waals surface area contributed by atoms with Crippen LogP contribution in [0, 0.1) is 0 Å². The molecule has 0 aliphatic carbocycles. The molecule has 5 rings (SSSR count). The number of oxazole rings is 1. The third kappa shape index (κ3) is 4.47. The van der Waals surface area contributed by atoms with Crippen LogP contribution in [0.15, 0.2) is 87.7 Å². The Bertz CT molecular complexity index is 1480. The van der Waals surface area contributed by atoms with Gasteiger partial charge in [0.1, 0.15) is 11.3 Å². The second-order valence-corrected chi connectivity index (χ2v) is 8.70. The number of carbonyl (C=O) groups is 1. The summed E-state index contributed by atoms with van der Waals surface area (Å²) < 4.78 is 11.7. The molecular weight excluding hydrogens is 448 g/mol. The minimum atomic E-state index is -0.346. The first kappa shape index (κ1) is 22.0. The Balaban J connectivity index is 1.36. The normalized spacial score (nSPS) is 12.1. The molecule has 170 valence electrons. The Kier molecular flexibility index (Phi) is 5.95. The molecule has 1 atom stereocenters. The molecule has 2 aromatic heterocycles. The maximum absolute atomic E-state index is 12.8. The van der Waals surface area contributed by atoms with Crippen molar-refractivity contribution in [3.63, 3.8) is 0 Å². The van der Waals surface area contributed by atoms with Crippen molar-refractivity contribution in [2.45, 2.75) is 26.2 Å². The van der Waals surface area contributed by atoms with Gasteiger partial charge in [0.15, 0.2) is 11.3 Å². The van der Waals surface area contributed by atoms with E-state index < -0.39 is 0 Å². The van der Waals surface area contributed by atoms with Crippen LogP contribution in [-0.4, -0.2) is 10.9 Å². The zero-order chi connectivity index (χ0) is 23.7. The van der Waals surface area contributed by atoms with Crippen molar-refractivity contribution in [2.24, 2.45) is 0 Å². The van der Waals surface area contributed by atoms with E-state index in [1.54, 1.807) is 24.3 Å². The standard InChI is InChI=1S/C28H23ClN2O3/c1-3-17(2)18-10-11-25-23(16-18)31-28(34-25)20-7-5-9-22(15-20)30-27(32)26-13-12-24(33-26)19-6-4-8-21(29)14-19/h4-17H,3H2,1-2H3,(H,30,32)/t17-/m0/s1. The molecule has 0 bridgehead atoms. The van der Waals surface area contributed by atoms with Gasteiger partial charge in [-0.3, -0.25) is 4.79 Å². The number of fused-ring (bicyclic) bond motifs is 1. The van der Waals surface area contributed by atoms with Crippen LogP contribution >= 0.6 is 11.6 Å². The van der Waals surface area contributed by atoms with Gasteiger partial charge in [-0.1, -0.05) is 49.7 Å². The molecule has 6 heteroatoms. The van der Waals surface area contributed by atoms with Crippen LogP contribution in [0.4, 0.5) is 5.69 Å². The van der Waals surface area contributed by atoms with Crippen molar-refractivity contribution in [3.8, 4) is 22.8 Å². The molecule has 0 aliphatic rings. The molecule has 2 heterocycles. The summed E-state index contributed by atoms with van der Waals surface area (Å²) in [6.45, 7) is 4.37. The van der Waals surface area contributed by atoms with Gasteiger partial charge in [-0.15, -0.1) is 0 Å². The molecule has 0 saturated carbocycles. The average Bonchev–Trinajstić information content (AvgIpc) is 3.51. The van der Waals surface area contributed by atoms with Gasteiger partial charge < -0.3 is 14.2 Å². The molecule has 0 unspecified atom stereocenters. The Morgan fingerprint density at radius 3 is 2.62 bits per heavy atom. The molecule has 1 amide bonds. The molecule has 0 spiro atoms. The Labute approximate surface area is 202 Å². The van der Waals surface area contributed by atoms with Crippen LogP contribution in [0.5, 0.6) is 0 Å². The minimum Gasteiger partial charge on any atom is -0.451 e. The summed E-state index contributed by atoms with van der Waals surface area (Å²) in [4.78, 5) is 17.4. The topological polar surface area (TPSA) is 68.3 Å². The predicted molar refractivity (Wildman–Crippen MR) is 135 cm³/mol. The van der Waals surface area contributed by atoms with Gasteiger partial charge in [0.05, 0.1) is 0 Å². The van der Waals surface area contributed by atoms with Gasteiger partial charge in [0.2, 0.25) is 5.89 Å². The van der Waals surface area contributed by atoms with Crippen molar-refractivity contribution in [2.75, 3.05) is 5.32 Å². The molecule has 0 radical (unpaired) electrons. The number of halogens is 1. The van der Waals surface area contributed by atoms with Gasteiger partial charge in [0, 0.05) is 21.8 Å². The van der Waals surface area contributed by atoms with E-state index in [0.29, 0.717) is 28.3 Å². The fourth-order valence-electron chi connectivity index (χ4n) is 3.79. The zero-order valence-corrected chi connectivity index (χ0v) is 19.6. The van der Waals surface area contributed by atoms with E-state index in [9.17, 15) is 4.79 Å². The van der Waals surface area contributed by atoms with Crippen molar-refractivity contribution in [1.82, 2.24) is 4.98 Å². The summed E-state index contributed by atoms with van der Waals surface area (Å²) in [5.74, 6) is 1.41. The van der Waals surface area contributed by atoms with Gasteiger partial charge >= 0.3 is 0 Å². The number of anilines is 1. The lowest BCUT2D eigenvalue weighted by Gasteiger charge is -2.07. The first-order valence-corrected chi connectivity index (χ1v) is 11.6. The predicted octanol–water partition coefficient (Wildman–Crippen LogP) is 8.17. The Hall–Kier alpha value is -3.83. The van der Waals surface area contributed by atoms with E-state index >= 15 is 0 Å². The van der Waals surface area contributed by atoms with Crippen molar-refractivity contribution >= 4 is 34.3 Å². The highest BCUT2D eigenvalue weighted by molar-refractivity contribution is 6.30. The van der Waals surface area contributed by atoms with Crippen molar-refractivity contribution in [3.05, 3.63) is 95.2 Å². The highest BCUT2D eigenvalue weighted by Gasteiger charge is 2.15. The molecule has 0 aliphatic heterocycles. The monoisotopic (exact) mass is 470 g/mol. The smallest absolute Gasteiger partial charge is 0.291 e. The number of hydrogen-bond acceptors (Lipinski definition) is 4. The van der Waals surface area contributed by atoms with Gasteiger partial charge in [0.25, 0.3) is 5.91 Å². The molecule has 1 N–H and O–H groups in total. The van der Waals surface area contributed by atoms with E-state index in [4.69, 9.17) is 20.4 Å². The Morgan fingerprint density at radius 1 is 0.971 bits per heavy atom. The number of aromatic nitrogens is 1. The van der Waals surface area contributed by atoms with Crippen LogP contribution in [0.3, 0.4) is 0 Å². The first-order valence-electron chi connectivity index (χ1n) is 11.2. The van der Waals surface area contributed by atoms with Crippen molar-refractivity contribution < 1.29 is 13.6 Å². The number of benzene rings is 3. The van der Waals surface area contributed by atoms with E-state index in [1.165, 1.54) is 5.56 Å². The molecule has 0 saturated heterocycles. The summed E-state index contributed by atoms with van der Waals surface area (Å²) >= 11 is 6.06. The second kappa shape index (κ2) is 9.20.